The van der Waals surface area contributed by atoms with Crippen molar-refractivity contribution in [3.8, 4) is 0 Å². The molecule has 1 amide bonds. The minimum Gasteiger partial charge on any atom is -0.377 e. The molecule has 0 saturated carbocycles. The van der Waals surface area contributed by atoms with Crippen molar-refractivity contribution < 1.29 is 9.53 Å². The first-order valence-electron chi connectivity index (χ1n) is 6.32. The van der Waals surface area contributed by atoms with Gasteiger partial charge in [-0.3, -0.25) is 4.79 Å². The third-order valence-corrected chi connectivity index (χ3v) is 3.57. The number of anilines is 1. The Hall–Kier alpha value is -0.920. The highest BCUT2D eigenvalue weighted by Gasteiger charge is 2.32. The van der Waals surface area contributed by atoms with E-state index in [1.54, 1.807) is 6.20 Å². The van der Waals surface area contributed by atoms with E-state index < -0.39 is 6.04 Å². The Kier molecular flexibility index (Phi) is 5.17. The Bertz CT molecular complexity index is 500. The first-order chi connectivity index (χ1) is 9.49. The SMILES string of the molecule is CC(C)NC(=O)C1COCCN1c1nc(Cl)ncc1Br. The number of ether oxygens (including phenoxy) is 1. The second-order valence-corrected chi connectivity index (χ2v) is 5.95. The van der Waals surface area contributed by atoms with E-state index in [2.05, 4.69) is 31.2 Å². The average Bonchev–Trinajstić information content (AvgIpc) is 2.41. The third kappa shape index (κ3) is 3.59. The highest BCUT2D eigenvalue weighted by molar-refractivity contribution is 9.10. The second kappa shape index (κ2) is 6.69. The molecule has 0 aliphatic carbocycles. The zero-order valence-electron chi connectivity index (χ0n) is 11.3. The molecule has 2 heterocycles. The smallest absolute Gasteiger partial charge is 0.245 e. The van der Waals surface area contributed by atoms with Crippen LogP contribution in [0.2, 0.25) is 5.28 Å². The highest BCUT2D eigenvalue weighted by Crippen LogP contribution is 2.27. The lowest BCUT2D eigenvalue weighted by Gasteiger charge is -2.36. The third-order valence-electron chi connectivity index (χ3n) is 2.83. The van der Waals surface area contributed by atoms with Crippen molar-refractivity contribution in [1.29, 1.82) is 0 Å². The van der Waals surface area contributed by atoms with E-state index in [1.165, 1.54) is 0 Å². The molecule has 1 aromatic heterocycles. The summed E-state index contributed by atoms with van der Waals surface area (Å²) < 4.78 is 6.11. The predicted octanol–water partition coefficient (Wildman–Crippen LogP) is 1.62. The molecule has 110 valence electrons. The van der Waals surface area contributed by atoms with Crippen molar-refractivity contribution in [2.75, 3.05) is 24.7 Å². The molecule has 0 bridgehead atoms. The zero-order valence-corrected chi connectivity index (χ0v) is 13.6. The van der Waals surface area contributed by atoms with Gasteiger partial charge in [0.05, 0.1) is 17.7 Å². The van der Waals surface area contributed by atoms with Crippen LogP contribution in [0.1, 0.15) is 13.8 Å². The van der Waals surface area contributed by atoms with Crippen LogP contribution in [0.3, 0.4) is 0 Å². The molecule has 1 fully saturated rings. The second-order valence-electron chi connectivity index (χ2n) is 4.76. The van der Waals surface area contributed by atoms with Crippen molar-refractivity contribution in [3.05, 3.63) is 16.0 Å². The van der Waals surface area contributed by atoms with Crippen molar-refractivity contribution in [1.82, 2.24) is 15.3 Å². The van der Waals surface area contributed by atoms with Crippen LogP contribution in [0, 0.1) is 0 Å². The number of carbonyl (C=O) groups excluding carboxylic acids is 1. The van der Waals surface area contributed by atoms with E-state index in [0.29, 0.717) is 30.0 Å². The molecule has 20 heavy (non-hydrogen) atoms. The van der Waals surface area contributed by atoms with Crippen molar-refractivity contribution >= 4 is 39.3 Å². The van der Waals surface area contributed by atoms with Crippen LogP contribution in [-0.2, 0) is 9.53 Å². The summed E-state index contributed by atoms with van der Waals surface area (Å²) >= 11 is 9.24. The van der Waals surface area contributed by atoms with Crippen LogP contribution in [-0.4, -0.2) is 47.7 Å². The first-order valence-corrected chi connectivity index (χ1v) is 7.49. The van der Waals surface area contributed by atoms with Crippen LogP contribution in [0.15, 0.2) is 10.7 Å². The maximum atomic E-state index is 12.3. The standard InChI is InChI=1S/C12H16BrClN4O2/c1-7(2)16-11(19)9-6-20-4-3-18(9)10-8(13)5-15-12(14)17-10/h5,7,9H,3-4,6H2,1-2H3,(H,16,19). The van der Waals surface area contributed by atoms with Crippen LogP contribution in [0.5, 0.6) is 0 Å². The lowest BCUT2D eigenvalue weighted by Crippen LogP contribution is -2.55. The van der Waals surface area contributed by atoms with E-state index in [9.17, 15) is 4.79 Å². The van der Waals surface area contributed by atoms with Crippen molar-refractivity contribution in [3.63, 3.8) is 0 Å². The van der Waals surface area contributed by atoms with Gasteiger partial charge >= 0.3 is 0 Å². The Labute approximate surface area is 131 Å². The van der Waals surface area contributed by atoms with E-state index in [-0.39, 0.29) is 17.2 Å². The molecule has 1 aliphatic heterocycles. The van der Waals surface area contributed by atoms with Gasteiger partial charge in [-0.25, -0.2) is 4.98 Å². The van der Waals surface area contributed by atoms with Crippen molar-refractivity contribution in [2.45, 2.75) is 25.9 Å². The van der Waals surface area contributed by atoms with Crippen LogP contribution < -0.4 is 10.2 Å². The molecule has 0 aromatic carbocycles. The molecule has 6 nitrogen and oxygen atoms in total. The first kappa shape index (κ1) is 15.5. The lowest BCUT2D eigenvalue weighted by molar-refractivity contribution is -0.125. The Morgan fingerprint density at radius 3 is 3.10 bits per heavy atom. The van der Waals surface area contributed by atoms with Gasteiger partial charge in [-0.05, 0) is 41.4 Å². The number of amides is 1. The molecular weight excluding hydrogens is 348 g/mol. The van der Waals surface area contributed by atoms with Crippen LogP contribution in [0.25, 0.3) is 0 Å². The average molecular weight is 364 g/mol. The molecular formula is C12H16BrClN4O2. The number of nitrogens with one attached hydrogen (secondary N) is 1. The molecule has 2 rings (SSSR count). The summed E-state index contributed by atoms with van der Waals surface area (Å²) in [6.07, 6.45) is 1.58. The summed E-state index contributed by atoms with van der Waals surface area (Å²) in [5, 5.41) is 3.04. The zero-order chi connectivity index (χ0) is 14.7. The number of morpholine rings is 1. The summed E-state index contributed by atoms with van der Waals surface area (Å²) in [6, 6.07) is -0.350. The number of halogens is 2. The molecule has 1 saturated heterocycles. The van der Waals surface area contributed by atoms with E-state index in [0.717, 1.165) is 0 Å². The van der Waals surface area contributed by atoms with Gasteiger partial charge in [0.1, 0.15) is 11.9 Å². The number of rotatable bonds is 3. The number of aromatic nitrogens is 2. The van der Waals surface area contributed by atoms with Gasteiger partial charge in [0, 0.05) is 18.8 Å². The Balaban J connectivity index is 2.26. The number of hydrogen-bond donors (Lipinski definition) is 1. The number of carbonyl (C=O) groups is 1. The van der Waals surface area contributed by atoms with Crippen LogP contribution in [0.4, 0.5) is 5.82 Å². The summed E-state index contributed by atoms with van der Waals surface area (Å²) in [5.41, 5.74) is 0. The van der Waals surface area contributed by atoms with Gasteiger partial charge in [0.25, 0.3) is 0 Å². The van der Waals surface area contributed by atoms with Gasteiger partial charge in [-0.1, -0.05) is 0 Å². The minimum atomic E-state index is -0.423. The lowest BCUT2D eigenvalue weighted by atomic mass is 10.2. The van der Waals surface area contributed by atoms with E-state index in [4.69, 9.17) is 16.3 Å². The molecule has 8 heteroatoms. The topological polar surface area (TPSA) is 67.3 Å². The molecule has 1 unspecified atom stereocenters. The van der Waals surface area contributed by atoms with E-state index >= 15 is 0 Å². The molecule has 0 radical (unpaired) electrons. The fraction of sp³-hybridized carbons (Fsp3) is 0.583. The minimum absolute atomic E-state index is 0.0729. The molecule has 1 N–H and O–H groups in total. The monoisotopic (exact) mass is 362 g/mol. The Morgan fingerprint density at radius 2 is 2.40 bits per heavy atom. The van der Waals surface area contributed by atoms with Gasteiger partial charge in [-0.15, -0.1) is 0 Å². The summed E-state index contributed by atoms with van der Waals surface area (Å²) in [4.78, 5) is 22.3. The fourth-order valence-electron chi connectivity index (χ4n) is 1.99. The van der Waals surface area contributed by atoms with Gasteiger partial charge < -0.3 is 15.0 Å². The van der Waals surface area contributed by atoms with Crippen molar-refractivity contribution in [2.24, 2.45) is 0 Å². The summed E-state index contributed by atoms with van der Waals surface area (Å²) in [6.45, 7) is 5.28. The molecule has 1 aliphatic rings. The normalized spacial score (nSPS) is 19.2. The van der Waals surface area contributed by atoms with E-state index in [1.807, 2.05) is 18.7 Å². The molecule has 0 spiro atoms. The number of hydrogen-bond acceptors (Lipinski definition) is 5. The summed E-state index contributed by atoms with van der Waals surface area (Å²) in [5.74, 6) is 0.526. The van der Waals surface area contributed by atoms with Gasteiger partial charge in [0.15, 0.2) is 0 Å². The van der Waals surface area contributed by atoms with Gasteiger partial charge in [-0.2, -0.15) is 4.98 Å². The fourth-order valence-corrected chi connectivity index (χ4v) is 2.54. The quantitative estimate of drug-likeness (QED) is 0.827. The maximum Gasteiger partial charge on any atom is 0.245 e. The van der Waals surface area contributed by atoms with Crippen LogP contribution >= 0.6 is 27.5 Å². The number of nitrogens with zero attached hydrogens (tertiary/aromatic N) is 3. The Morgan fingerprint density at radius 1 is 1.65 bits per heavy atom. The summed E-state index contributed by atoms with van der Waals surface area (Å²) in [7, 11) is 0. The van der Waals surface area contributed by atoms with Gasteiger partial charge in [0.2, 0.25) is 11.2 Å². The highest BCUT2D eigenvalue weighted by atomic mass is 79.9. The predicted molar refractivity (Wildman–Crippen MR) is 80.0 cm³/mol. The maximum absolute atomic E-state index is 12.3. The molecule has 1 aromatic rings. The molecule has 1 atom stereocenters. The largest absolute Gasteiger partial charge is 0.377 e.